The van der Waals surface area contributed by atoms with Crippen molar-refractivity contribution >= 4 is 38.5 Å². The molecular weight excluding hydrogens is 326 g/mol. The van der Waals surface area contributed by atoms with E-state index in [1.165, 1.54) is 11.3 Å². The molecule has 1 aliphatic rings. The SMILES string of the molecule is CCCCN1C[C@@H](C(=O)Nc2nc3ccc(OC)cc3s2)CC1=O. The number of amides is 2. The van der Waals surface area contributed by atoms with Gasteiger partial charge in [-0.2, -0.15) is 0 Å². The second-order valence-corrected chi connectivity index (χ2v) is 6.97. The summed E-state index contributed by atoms with van der Waals surface area (Å²) in [5.74, 6) is 0.402. The highest BCUT2D eigenvalue weighted by molar-refractivity contribution is 7.22. The van der Waals surface area contributed by atoms with Crippen LogP contribution in [-0.4, -0.2) is 41.9 Å². The number of likely N-dealkylation sites (tertiary alicyclic amines) is 1. The van der Waals surface area contributed by atoms with Crippen molar-refractivity contribution in [3.05, 3.63) is 18.2 Å². The number of hydrogen-bond acceptors (Lipinski definition) is 5. The monoisotopic (exact) mass is 347 g/mol. The summed E-state index contributed by atoms with van der Waals surface area (Å²) in [6, 6.07) is 5.61. The Morgan fingerprint density at radius 2 is 2.33 bits per heavy atom. The van der Waals surface area contributed by atoms with E-state index in [2.05, 4.69) is 17.2 Å². The maximum Gasteiger partial charge on any atom is 0.231 e. The van der Waals surface area contributed by atoms with Gasteiger partial charge in [-0.15, -0.1) is 0 Å². The molecule has 1 atom stereocenters. The van der Waals surface area contributed by atoms with Gasteiger partial charge in [0.15, 0.2) is 5.13 Å². The molecule has 0 aliphatic carbocycles. The molecule has 2 heterocycles. The van der Waals surface area contributed by atoms with E-state index in [1.807, 2.05) is 18.2 Å². The number of anilines is 1. The molecule has 2 aromatic rings. The van der Waals surface area contributed by atoms with Crippen LogP contribution in [0, 0.1) is 5.92 Å². The second-order valence-electron chi connectivity index (χ2n) is 5.94. The van der Waals surface area contributed by atoms with Crippen LogP contribution >= 0.6 is 11.3 Å². The topological polar surface area (TPSA) is 71.5 Å². The molecule has 24 heavy (non-hydrogen) atoms. The summed E-state index contributed by atoms with van der Waals surface area (Å²) in [4.78, 5) is 30.6. The smallest absolute Gasteiger partial charge is 0.231 e. The Labute approximate surface area is 144 Å². The highest BCUT2D eigenvalue weighted by Gasteiger charge is 2.34. The molecule has 1 fully saturated rings. The zero-order chi connectivity index (χ0) is 17.1. The predicted octanol–water partition coefficient (Wildman–Crippen LogP) is 2.89. The summed E-state index contributed by atoms with van der Waals surface area (Å²) < 4.78 is 6.15. The summed E-state index contributed by atoms with van der Waals surface area (Å²) in [7, 11) is 1.62. The molecule has 0 bridgehead atoms. The first-order valence-electron chi connectivity index (χ1n) is 8.14. The Hall–Kier alpha value is -2.15. The summed E-state index contributed by atoms with van der Waals surface area (Å²) in [6.45, 7) is 3.33. The van der Waals surface area contributed by atoms with Gasteiger partial charge in [-0.1, -0.05) is 24.7 Å². The summed E-state index contributed by atoms with van der Waals surface area (Å²) in [5, 5.41) is 3.41. The van der Waals surface area contributed by atoms with E-state index < -0.39 is 0 Å². The van der Waals surface area contributed by atoms with Gasteiger partial charge in [0.2, 0.25) is 11.8 Å². The number of methoxy groups -OCH3 is 1. The molecule has 0 saturated carbocycles. The van der Waals surface area contributed by atoms with Crippen molar-refractivity contribution in [1.29, 1.82) is 0 Å². The van der Waals surface area contributed by atoms with Crippen LogP contribution in [0.3, 0.4) is 0 Å². The van der Waals surface area contributed by atoms with E-state index in [9.17, 15) is 9.59 Å². The normalized spacial score (nSPS) is 17.5. The molecule has 0 unspecified atom stereocenters. The van der Waals surface area contributed by atoms with Gasteiger partial charge >= 0.3 is 0 Å². The van der Waals surface area contributed by atoms with Crippen LogP contribution in [0.15, 0.2) is 18.2 Å². The average Bonchev–Trinajstić information content (AvgIpc) is 3.14. The maximum atomic E-state index is 12.4. The summed E-state index contributed by atoms with van der Waals surface area (Å²) in [6.07, 6.45) is 2.30. The maximum absolute atomic E-state index is 12.4. The molecule has 1 saturated heterocycles. The van der Waals surface area contributed by atoms with E-state index in [0.717, 1.165) is 35.4 Å². The molecule has 1 aromatic heterocycles. The van der Waals surface area contributed by atoms with Crippen molar-refractivity contribution in [3.8, 4) is 5.75 Å². The highest BCUT2D eigenvalue weighted by Crippen LogP contribution is 2.30. The number of unbranched alkanes of at least 4 members (excludes halogenated alkanes) is 1. The number of hydrogen-bond donors (Lipinski definition) is 1. The number of nitrogens with zero attached hydrogens (tertiary/aromatic N) is 2. The van der Waals surface area contributed by atoms with Crippen molar-refractivity contribution in [3.63, 3.8) is 0 Å². The molecule has 3 rings (SSSR count). The van der Waals surface area contributed by atoms with Crippen molar-refractivity contribution < 1.29 is 14.3 Å². The number of fused-ring (bicyclic) bond motifs is 1. The van der Waals surface area contributed by atoms with Gasteiger partial charge in [0.25, 0.3) is 0 Å². The number of carbonyl (C=O) groups is 2. The Bertz CT molecular complexity index is 759. The van der Waals surface area contributed by atoms with Gasteiger partial charge < -0.3 is 15.0 Å². The van der Waals surface area contributed by atoms with Gasteiger partial charge in [-0.05, 0) is 24.6 Å². The lowest BCUT2D eigenvalue weighted by atomic mass is 10.1. The first kappa shape index (κ1) is 16.7. The van der Waals surface area contributed by atoms with Gasteiger partial charge in [0, 0.05) is 19.5 Å². The Balaban J connectivity index is 1.65. The Morgan fingerprint density at radius 1 is 1.50 bits per heavy atom. The fourth-order valence-electron chi connectivity index (χ4n) is 2.81. The number of nitrogens with one attached hydrogen (secondary N) is 1. The van der Waals surface area contributed by atoms with Crippen molar-refractivity contribution in [2.24, 2.45) is 5.92 Å². The minimum Gasteiger partial charge on any atom is -0.497 e. The zero-order valence-corrected chi connectivity index (χ0v) is 14.7. The van der Waals surface area contributed by atoms with Gasteiger partial charge in [0.1, 0.15) is 5.75 Å². The lowest BCUT2D eigenvalue weighted by Crippen LogP contribution is -2.29. The van der Waals surface area contributed by atoms with E-state index in [1.54, 1.807) is 12.0 Å². The van der Waals surface area contributed by atoms with Gasteiger partial charge in [-0.3, -0.25) is 9.59 Å². The van der Waals surface area contributed by atoms with Crippen molar-refractivity contribution in [2.45, 2.75) is 26.2 Å². The number of rotatable bonds is 6. The van der Waals surface area contributed by atoms with E-state index in [0.29, 0.717) is 11.7 Å². The molecule has 2 amide bonds. The first-order valence-corrected chi connectivity index (χ1v) is 8.95. The summed E-state index contributed by atoms with van der Waals surface area (Å²) in [5.41, 5.74) is 0.822. The second kappa shape index (κ2) is 7.17. The standard InChI is InChI=1S/C17H21N3O3S/c1-3-4-7-20-10-11(8-15(20)21)16(22)19-17-18-13-6-5-12(23-2)9-14(13)24-17/h5-6,9,11H,3-4,7-8,10H2,1-2H3,(H,18,19,22)/t11-/m0/s1. The van der Waals surface area contributed by atoms with Gasteiger partial charge in [0.05, 0.1) is 23.2 Å². The first-order chi connectivity index (χ1) is 11.6. The van der Waals surface area contributed by atoms with Crippen LogP contribution in [0.1, 0.15) is 26.2 Å². The molecule has 0 radical (unpaired) electrons. The minimum absolute atomic E-state index is 0.0673. The lowest BCUT2D eigenvalue weighted by molar-refractivity contribution is -0.128. The van der Waals surface area contributed by atoms with Crippen LogP contribution < -0.4 is 10.1 Å². The number of aromatic nitrogens is 1. The summed E-state index contributed by atoms with van der Waals surface area (Å²) >= 11 is 1.41. The third kappa shape index (κ3) is 3.51. The molecule has 0 spiro atoms. The molecular formula is C17H21N3O3S. The fourth-order valence-corrected chi connectivity index (χ4v) is 3.70. The van der Waals surface area contributed by atoms with Crippen molar-refractivity contribution in [2.75, 3.05) is 25.5 Å². The highest BCUT2D eigenvalue weighted by atomic mass is 32.1. The van der Waals surface area contributed by atoms with E-state index in [4.69, 9.17) is 4.74 Å². The number of benzene rings is 1. The van der Waals surface area contributed by atoms with Crippen LogP contribution in [0.2, 0.25) is 0 Å². The van der Waals surface area contributed by atoms with Gasteiger partial charge in [-0.25, -0.2) is 4.98 Å². The Morgan fingerprint density at radius 3 is 3.08 bits per heavy atom. The van der Waals surface area contributed by atoms with Crippen LogP contribution in [0.25, 0.3) is 10.2 Å². The molecule has 1 aromatic carbocycles. The van der Waals surface area contributed by atoms with Crippen molar-refractivity contribution in [1.82, 2.24) is 9.88 Å². The number of thiazole rings is 1. The number of carbonyl (C=O) groups excluding carboxylic acids is 2. The fraction of sp³-hybridized carbons (Fsp3) is 0.471. The molecule has 7 heteroatoms. The molecule has 1 aliphatic heterocycles. The minimum atomic E-state index is -0.295. The Kier molecular flexibility index (Phi) is 4.99. The van der Waals surface area contributed by atoms with Crippen LogP contribution in [-0.2, 0) is 9.59 Å². The molecule has 6 nitrogen and oxygen atoms in total. The third-order valence-electron chi connectivity index (χ3n) is 4.19. The third-order valence-corrected chi connectivity index (χ3v) is 5.13. The lowest BCUT2D eigenvalue weighted by Gasteiger charge is -2.15. The van der Waals surface area contributed by atoms with E-state index >= 15 is 0 Å². The quantitative estimate of drug-likeness (QED) is 0.872. The molecule has 1 N–H and O–H groups in total. The van der Waals surface area contributed by atoms with Crippen LogP contribution in [0.5, 0.6) is 5.75 Å². The van der Waals surface area contributed by atoms with Crippen LogP contribution in [0.4, 0.5) is 5.13 Å². The van der Waals surface area contributed by atoms with E-state index in [-0.39, 0.29) is 24.2 Å². The molecule has 128 valence electrons. The zero-order valence-electron chi connectivity index (χ0n) is 13.9. The average molecular weight is 347 g/mol. The largest absolute Gasteiger partial charge is 0.497 e. The predicted molar refractivity (Wildman–Crippen MR) is 94.4 cm³/mol. The number of ether oxygens (including phenoxy) is 1.